The third-order valence-corrected chi connectivity index (χ3v) is 4.36. The van der Waals surface area contributed by atoms with E-state index in [9.17, 15) is 0 Å². The van der Waals surface area contributed by atoms with Gasteiger partial charge in [-0.05, 0) is 24.2 Å². The molecule has 3 atom stereocenters. The van der Waals surface area contributed by atoms with Crippen LogP contribution in [0.4, 0.5) is 0 Å². The summed E-state index contributed by atoms with van der Waals surface area (Å²) < 4.78 is 0. The summed E-state index contributed by atoms with van der Waals surface area (Å²) in [6, 6.07) is 0. The lowest BCUT2D eigenvalue weighted by atomic mass is 9.94. The van der Waals surface area contributed by atoms with E-state index in [0.717, 1.165) is 17.8 Å². The topological polar surface area (TPSA) is 0 Å². The molecule has 0 radical (unpaired) electrons. The zero-order chi connectivity index (χ0) is 9.80. The fraction of sp³-hybridized carbons (Fsp3) is 1.00. The summed E-state index contributed by atoms with van der Waals surface area (Å²) in [7, 11) is 0. The van der Waals surface area contributed by atoms with Crippen LogP contribution in [0.1, 0.15) is 71.1 Å². The molecule has 0 saturated heterocycles. The maximum atomic E-state index is 2.45. The van der Waals surface area contributed by atoms with Crippen molar-refractivity contribution in [3.05, 3.63) is 0 Å². The Kier molecular flexibility index (Phi) is 3.89. The van der Waals surface area contributed by atoms with Gasteiger partial charge in [0, 0.05) is 0 Å². The molecule has 0 aromatic carbocycles. The van der Waals surface area contributed by atoms with E-state index >= 15 is 0 Å². The van der Waals surface area contributed by atoms with Crippen LogP contribution < -0.4 is 0 Å². The van der Waals surface area contributed by atoms with Crippen LogP contribution in [0.2, 0.25) is 0 Å². The summed E-state index contributed by atoms with van der Waals surface area (Å²) in [6.07, 6.45) is 15.2. The van der Waals surface area contributed by atoms with Gasteiger partial charge in [0.1, 0.15) is 0 Å². The van der Waals surface area contributed by atoms with E-state index in [2.05, 4.69) is 6.92 Å². The molecule has 0 spiro atoms. The first-order valence-electron chi connectivity index (χ1n) is 6.86. The van der Waals surface area contributed by atoms with Gasteiger partial charge in [0.25, 0.3) is 0 Å². The molecule has 2 aliphatic rings. The van der Waals surface area contributed by atoms with Crippen LogP contribution in [0.5, 0.6) is 0 Å². The smallest absolute Gasteiger partial charge is 0.0383 e. The van der Waals surface area contributed by atoms with Crippen LogP contribution in [0.25, 0.3) is 0 Å². The number of hydrogen-bond donors (Lipinski definition) is 0. The Bertz CT molecular complexity index is 157. The number of rotatable bonds is 0. The van der Waals surface area contributed by atoms with Crippen LogP contribution in [0, 0.1) is 17.8 Å². The van der Waals surface area contributed by atoms with Crippen molar-refractivity contribution in [3.8, 4) is 0 Å². The molecule has 0 aromatic heterocycles. The highest BCUT2D eigenvalue weighted by Gasteiger charge is 2.35. The molecule has 82 valence electrons. The van der Waals surface area contributed by atoms with Gasteiger partial charge in [0.05, 0.1) is 0 Å². The van der Waals surface area contributed by atoms with Gasteiger partial charge < -0.3 is 0 Å². The van der Waals surface area contributed by atoms with E-state index < -0.39 is 0 Å². The molecule has 0 amide bonds. The summed E-state index contributed by atoms with van der Waals surface area (Å²) in [5.41, 5.74) is 0. The van der Waals surface area contributed by atoms with Crippen molar-refractivity contribution in [1.29, 1.82) is 0 Å². The van der Waals surface area contributed by atoms with Crippen LogP contribution in [0.15, 0.2) is 0 Å². The predicted octanol–water partition coefficient (Wildman–Crippen LogP) is 4.78. The summed E-state index contributed by atoms with van der Waals surface area (Å²) in [6.45, 7) is 2.45. The molecule has 0 heterocycles. The van der Waals surface area contributed by atoms with Gasteiger partial charge in [-0.2, -0.15) is 0 Å². The Morgan fingerprint density at radius 2 is 1.21 bits per heavy atom. The molecule has 2 saturated carbocycles. The number of hydrogen-bond acceptors (Lipinski definition) is 0. The Morgan fingerprint density at radius 3 is 2.00 bits per heavy atom. The second kappa shape index (κ2) is 5.19. The minimum atomic E-state index is 1.01. The molecule has 2 aliphatic carbocycles. The molecule has 0 heteroatoms. The van der Waals surface area contributed by atoms with E-state index in [1.165, 1.54) is 44.9 Å². The zero-order valence-corrected chi connectivity index (χ0v) is 9.80. The molecule has 14 heavy (non-hydrogen) atoms. The summed E-state index contributed by atoms with van der Waals surface area (Å²) >= 11 is 0. The van der Waals surface area contributed by atoms with Gasteiger partial charge in [-0.1, -0.05) is 64.7 Å². The summed E-state index contributed by atoms with van der Waals surface area (Å²) in [5, 5.41) is 0. The van der Waals surface area contributed by atoms with Crippen molar-refractivity contribution < 1.29 is 0 Å². The van der Waals surface area contributed by atoms with Crippen molar-refractivity contribution >= 4 is 0 Å². The Labute approximate surface area is 89.5 Å². The third kappa shape index (κ3) is 3.29. The predicted molar refractivity (Wildman–Crippen MR) is 62.3 cm³/mol. The van der Waals surface area contributed by atoms with Gasteiger partial charge in [-0.25, -0.2) is 0 Å². The largest absolute Gasteiger partial charge is 0.0625 e. The van der Waals surface area contributed by atoms with Gasteiger partial charge in [-0.15, -0.1) is 0 Å². The second-order valence-corrected chi connectivity index (χ2v) is 5.78. The first kappa shape index (κ1) is 10.5. The van der Waals surface area contributed by atoms with Crippen molar-refractivity contribution in [2.24, 2.45) is 17.8 Å². The van der Waals surface area contributed by atoms with Crippen molar-refractivity contribution in [2.75, 3.05) is 0 Å². The Balaban J connectivity index is 1.71. The first-order valence-corrected chi connectivity index (χ1v) is 6.86. The molecule has 0 N–H and O–H groups in total. The fourth-order valence-corrected chi connectivity index (χ4v) is 3.14. The monoisotopic (exact) mass is 194 g/mol. The molecule has 0 aromatic rings. The second-order valence-electron chi connectivity index (χ2n) is 5.78. The van der Waals surface area contributed by atoms with Gasteiger partial charge in [-0.3, -0.25) is 0 Å². The maximum absolute atomic E-state index is 2.45. The lowest BCUT2D eigenvalue weighted by Crippen LogP contribution is -1.97. The molecule has 2 rings (SSSR count). The minimum Gasteiger partial charge on any atom is -0.0625 e. The highest BCUT2D eigenvalue weighted by molar-refractivity contribution is 4.86. The van der Waals surface area contributed by atoms with E-state index in [4.69, 9.17) is 0 Å². The Hall–Kier alpha value is 0. The molecule has 0 bridgehead atoms. The molecule has 0 aliphatic heterocycles. The minimum absolute atomic E-state index is 1.01. The van der Waals surface area contributed by atoms with Crippen LogP contribution in [-0.4, -0.2) is 0 Å². The van der Waals surface area contributed by atoms with Crippen molar-refractivity contribution in [3.63, 3.8) is 0 Å². The summed E-state index contributed by atoms with van der Waals surface area (Å²) in [4.78, 5) is 0. The third-order valence-electron chi connectivity index (χ3n) is 4.36. The van der Waals surface area contributed by atoms with Crippen LogP contribution >= 0.6 is 0 Å². The van der Waals surface area contributed by atoms with Crippen molar-refractivity contribution in [1.82, 2.24) is 0 Å². The average molecular weight is 194 g/mol. The van der Waals surface area contributed by atoms with Gasteiger partial charge in [0.2, 0.25) is 0 Å². The van der Waals surface area contributed by atoms with E-state index in [1.54, 1.807) is 19.3 Å². The molecule has 0 nitrogen and oxygen atoms in total. The lowest BCUT2D eigenvalue weighted by molar-refractivity contribution is 0.414. The molecule has 2 fully saturated rings. The van der Waals surface area contributed by atoms with Gasteiger partial charge in [0.15, 0.2) is 0 Å². The van der Waals surface area contributed by atoms with Crippen LogP contribution in [0.3, 0.4) is 0 Å². The quantitative estimate of drug-likeness (QED) is 0.520. The molecular formula is C14H26. The standard InChI is InChI=1S/C14H26/c1-12-7-4-2-3-5-9-13-11-14(13)10-6-8-12/h12-14H,2-11H2,1H3. The van der Waals surface area contributed by atoms with Crippen LogP contribution in [-0.2, 0) is 0 Å². The first-order chi connectivity index (χ1) is 6.86. The average Bonchev–Trinajstić information content (AvgIpc) is 2.88. The van der Waals surface area contributed by atoms with Gasteiger partial charge >= 0.3 is 0 Å². The maximum Gasteiger partial charge on any atom is -0.0383 e. The fourth-order valence-electron chi connectivity index (χ4n) is 3.14. The SMILES string of the molecule is CC1CCCCCCC2CC2CCC1. The zero-order valence-electron chi connectivity index (χ0n) is 9.80. The van der Waals surface area contributed by atoms with E-state index in [0.29, 0.717) is 0 Å². The highest BCUT2D eigenvalue weighted by atomic mass is 14.4. The molecule has 3 unspecified atom stereocenters. The van der Waals surface area contributed by atoms with E-state index in [-0.39, 0.29) is 0 Å². The van der Waals surface area contributed by atoms with E-state index in [1.807, 2.05) is 0 Å². The van der Waals surface area contributed by atoms with Crippen molar-refractivity contribution in [2.45, 2.75) is 71.1 Å². The normalized spacial score (nSPS) is 40.5. The highest BCUT2D eigenvalue weighted by Crippen LogP contribution is 2.46. The lowest BCUT2D eigenvalue weighted by Gasteiger charge is -2.12. The number of fused-ring (bicyclic) bond motifs is 1. The summed E-state index contributed by atoms with van der Waals surface area (Å²) in [5.74, 6) is 3.32. The Morgan fingerprint density at radius 1 is 0.643 bits per heavy atom. The molecular weight excluding hydrogens is 168 g/mol.